The minimum Gasteiger partial charge on any atom is -0.356 e. The first-order valence-corrected chi connectivity index (χ1v) is 5.22. The van der Waals surface area contributed by atoms with Crippen LogP contribution < -0.4 is 11.1 Å². The number of unbranched alkanes of at least 4 members (excludes halogenated alkanes) is 3. The molecule has 0 atom stereocenters. The van der Waals surface area contributed by atoms with Gasteiger partial charge in [-0.05, 0) is 19.4 Å². The summed E-state index contributed by atoms with van der Waals surface area (Å²) in [5.41, 5.74) is 5.32. The summed E-state index contributed by atoms with van der Waals surface area (Å²) in [6.07, 6.45) is 4.51. The summed E-state index contributed by atoms with van der Waals surface area (Å²) < 4.78 is 0. The second-order valence-corrected chi connectivity index (χ2v) is 2.69. The third-order valence-electron chi connectivity index (χ3n) is 1.50. The highest BCUT2D eigenvalue weighted by Crippen LogP contribution is 1.96. The van der Waals surface area contributed by atoms with Gasteiger partial charge < -0.3 is 11.1 Å². The fourth-order valence-electron chi connectivity index (χ4n) is 0.887. The Morgan fingerprint density at radius 3 is 2.15 bits per heavy atom. The Balaban J connectivity index is 0. The lowest BCUT2D eigenvalue weighted by molar-refractivity contribution is -0.118. The van der Waals surface area contributed by atoms with Crippen molar-refractivity contribution in [3.63, 3.8) is 0 Å². The van der Waals surface area contributed by atoms with Gasteiger partial charge in [0.25, 0.3) is 0 Å². The highest BCUT2D eigenvalue weighted by Gasteiger charge is 1.90. The van der Waals surface area contributed by atoms with Crippen molar-refractivity contribution in [2.24, 2.45) is 5.73 Å². The molecule has 3 nitrogen and oxygen atoms in total. The fourth-order valence-corrected chi connectivity index (χ4v) is 0.887. The molecule has 0 unspecified atom stereocenters. The molecule has 0 saturated heterocycles. The van der Waals surface area contributed by atoms with E-state index in [1.54, 1.807) is 6.92 Å². The Bertz CT molecular complexity index is 105. The molecule has 0 heterocycles. The van der Waals surface area contributed by atoms with E-state index in [2.05, 4.69) is 5.32 Å². The van der Waals surface area contributed by atoms with Crippen molar-refractivity contribution in [2.75, 3.05) is 13.1 Å². The zero-order chi connectivity index (χ0) is 10.5. The minimum absolute atomic E-state index is 0.0591. The molecule has 0 aromatic rings. The van der Waals surface area contributed by atoms with Crippen LogP contribution in [0.5, 0.6) is 0 Å². The molecule has 0 aromatic carbocycles. The van der Waals surface area contributed by atoms with Crippen LogP contribution in [0.1, 0.15) is 46.5 Å². The Kier molecular flexibility index (Phi) is 16.1. The van der Waals surface area contributed by atoms with Gasteiger partial charge in [-0.3, -0.25) is 4.79 Å². The first-order valence-electron chi connectivity index (χ1n) is 5.22. The van der Waals surface area contributed by atoms with Crippen molar-refractivity contribution in [1.82, 2.24) is 5.32 Å². The highest BCUT2D eigenvalue weighted by atomic mass is 16.1. The van der Waals surface area contributed by atoms with Gasteiger partial charge in [-0.25, -0.2) is 0 Å². The summed E-state index contributed by atoms with van der Waals surface area (Å²) in [7, 11) is 0. The number of nitrogens with two attached hydrogens (primary N) is 1. The maximum absolute atomic E-state index is 10.4. The zero-order valence-corrected chi connectivity index (χ0v) is 9.23. The SMILES string of the molecule is CC.CC(=O)NCCCCCCN. The van der Waals surface area contributed by atoms with Crippen LogP contribution in [0.25, 0.3) is 0 Å². The minimum atomic E-state index is 0.0591. The number of rotatable bonds is 6. The van der Waals surface area contributed by atoms with Gasteiger partial charge in [0.15, 0.2) is 0 Å². The van der Waals surface area contributed by atoms with Crippen molar-refractivity contribution < 1.29 is 4.79 Å². The standard InChI is InChI=1S/C8H18N2O.C2H6/c1-8(11)10-7-5-3-2-4-6-9;1-2/h2-7,9H2,1H3,(H,10,11);1-2H3. The molecule has 0 aliphatic rings. The lowest BCUT2D eigenvalue weighted by atomic mass is 10.2. The molecular weight excluding hydrogens is 164 g/mol. The van der Waals surface area contributed by atoms with E-state index in [0.29, 0.717) is 0 Å². The summed E-state index contributed by atoms with van der Waals surface area (Å²) >= 11 is 0. The molecule has 3 N–H and O–H groups in total. The zero-order valence-electron chi connectivity index (χ0n) is 9.23. The monoisotopic (exact) mass is 188 g/mol. The quantitative estimate of drug-likeness (QED) is 0.623. The molecule has 3 heteroatoms. The van der Waals surface area contributed by atoms with Gasteiger partial charge in [0.1, 0.15) is 0 Å². The third kappa shape index (κ3) is 18.4. The van der Waals surface area contributed by atoms with Crippen molar-refractivity contribution >= 4 is 5.91 Å². The second-order valence-electron chi connectivity index (χ2n) is 2.69. The molecule has 0 aliphatic carbocycles. The molecule has 80 valence electrons. The number of amides is 1. The summed E-state index contributed by atoms with van der Waals surface area (Å²) in [4.78, 5) is 10.4. The van der Waals surface area contributed by atoms with E-state index in [1.165, 1.54) is 6.42 Å². The van der Waals surface area contributed by atoms with Crippen LogP contribution in [0.2, 0.25) is 0 Å². The summed E-state index contributed by atoms with van der Waals surface area (Å²) in [6, 6.07) is 0. The van der Waals surface area contributed by atoms with Gasteiger partial charge in [-0.15, -0.1) is 0 Å². The lowest BCUT2D eigenvalue weighted by Gasteiger charge is -2.00. The van der Waals surface area contributed by atoms with E-state index < -0.39 is 0 Å². The summed E-state index contributed by atoms with van der Waals surface area (Å²) in [5.74, 6) is 0.0591. The molecule has 0 radical (unpaired) electrons. The first-order chi connectivity index (χ1) is 6.27. The topological polar surface area (TPSA) is 55.1 Å². The van der Waals surface area contributed by atoms with Gasteiger partial charge >= 0.3 is 0 Å². The lowest BCUT2D eigenvalue weighted by Crippen LogP contribution is -2.20. The number of hydrogen-bond donors (Lipinski definition) is 2. The summed E-state index contributed by atoms with van der Waals surface area (Å²) in [6.45, 7) is 7.12. The average molecular weight is 188 g/mol. The molecule has 0 spiro atoms. The predicted molar refractivity (Wildman–Crippen MR) is 57.6 cm³/mol. The van der Waals surface area contributed by atoms with Crippen LogP contribution in [-0.4, -0.2) is 19.0 Å². The normalized spacial score (nSPS) is 8.62. The van der Waals surface area contributed by atoms with E-state index in [1.807, 2.05) is 13.8 Å². The molecule has 13 heavy (non-hydrogen) atoms. The second kappa shape index (κ2) is 14.0. The van der Waals surface area contributed by atoms with Gasteiger partial charge in [0.2, 0.25) is 5.91 Å². The van der Waals surface area contributed by atoms with Crippen molar-refractivity contribution in [3.05, 3.63) is 0 Å². The average Bonchev–Trinajstić information content (AvgIpc) is 2.14. The molecule has 0 saturated carbocycles. The fraction of sp³-hybridized carbons (Fsp3) is 0.900. The molecule has 0 aliphatic heterocycles. The van der Waals surface area contributed by atoms with Crippen LogP contribution >= 0.6 is 0 Å². The molecular formula is C10H24N2O. The van der Waals surface area contributed by atoms with Gasteiger partial charge in [0, 0.05) is 13.5 Å². The number of carbonyl (C=O) groups is 1. The van der Waals surface area contributed by atoms with Crippen LogP contribution in [0.4, 0.5) is 0 Å². The van der Waals surface area contributed by atoms with E-state index in [9.17, 15) is 4.79 Å². The Labute approximate surface area is 82.1 Å². The van der Waals surface area contributed by atoms with Gasteiger partial charge in [-0.1, -0.05) is 26.7 Å². The van der Waals surface area contributed by atoms with Crippen LogP contribution in [0, 0.1) is 0 Å². The maximum Gasteiger partial charge on any atom is 0.216 e. The van der Waals surface area contributed by atoms with E-state index in [-0.39, 0.29) is 5.91 Å². The van der Waals surface area contributed by atoms with Gasteiger partial charge in [-0.2, -0.15) is 0 Å². The molecule has 1 amide bonds. The van der Waals surface area contributed by atoms with Crippen LogP contribution in [0.15, 0.2) is 0 Å². The van der Waals surface area contributed by atoms with Crippen molar-refractivity contribution in [2.45, 2.75) is 46.5 Å². The smallest absolute Gasteiger partial charge is 0.216 e. The van der Waals surface area contributed by atoms with E-state index in [0.717, 1.165) is 32.4 Å². The molecule has 0 rings (SSSR count). The van der Waals surface area contributed by atoms with E-state index >= 15 is 0 Å². The Morgan fingerprint density at radius 1 is 1.15 bits per heavy atom. The van der Waals surface area contributed by atoms with Gasteiger partial charge in [0.05, 0.1) is 0 Å². The Hall–Kier alpha value is -0.570. The van der Waals surface area contributed by atoms with E-state index in [4.69, 9.17) is 5.73 Å². The predicted octanol–water partition coefficient (Wildman–Crippen LogP) is 1.67. The van der Waals surface area contributed by atoms with Crippen molar-refractivity contribution in [1.29, 1.82) is 0 Å². The molecule has 0 fully saturated rings. The summed E-state index contributed by atoms with van der Waals surface area (Å²) in [5, 5.41) is 2.75. The van der Waals surface area contributed by atoms with Crippen LogP contribution in [-0.2, 0) is 4.79 Å². The molecule has 0 bridgehead atoms. The maximum atomic E-state index is 10.4. The third-order valence-corrected chi connectivity index (χ3v) is 1.50. The molecule has 0 aromatic heterocycles. The Morgan fingerprint density at radius 2 is 1.69 bits per heavy atom. The first kappa shape index (κ1) is 14.9. The van der Waals surface area contributed by atoms with Crippen molar-refractivity contribution in [3.8, 4) is 0 Å². The number of carbonyl (C=O) groups excluding carboxylic acids is 1. The number of nitrogens with one attached hydrogen (secondary N) is 1. The highest BCUT2D eigenvalue weighted by molar-refractivity contribution is 5.72. The van der Waals surface area contributed by atoms with Crippen LogP contribution in [0.3, 0.4) is 0 Å². The number of hydrogen-bond acceptors (Lipinski definition) is 2. The largest absolute Gasteiger partial charge is 0.356 e.